The van der Waals surface area contributed by atoms with Crippen LogP contribution in [0, 0.1) is 5.82 Å². The number of hydrazone groups is 1. The topological polar surface area (TPSA) is 81.9 Å². The average Bonchev–Trinajstić information content (AvgIpc) is 2.45. The van der Waals surface area contributed by atoms with E-state index in [-0.39, 0.29) is 17.1 Å². The highest BCUT2D eigenvalue weighted by atomic mass is 19.1. The molecule has 6 heteroatoms. The maximum absolute atomic E-state index is 12.8. The summed E-state index contributed by atoms with van der Waals surface area (Å²) in [6.07, 6.45) is 0. The first-order chi connectivity index (χ1) is 9.97. The number of aromatic hydroxyl groups is 2. The zero-order chi connectivity index (χ0) is 15.4. The Kier molecular flexibility index (Phi) is 4.18. The lowest BCUT2D eigenvalue weighted by Gasteiger charge is -2.05. The van der Waals surface area contributed by atoms with E-state index in [1.54, 1.807) is 6.92 Å². The van der Waals surface area contributed by atoms with Crippen LogP contribution in [-0.2, 0) is 0 Å². The SMILES string of the molecule is C/C(=N/NC(=O)c1ccc(F)cc1)c1ccc(O)cc1O. The van der Waals surface area contributed by atoms with Crippen LogP contribution in [0.4, 0.5) is 4.39 Å². The predicted molar refractivity (Wildman–Crippen MR) is 75.8 cm³/mol. The summed E-state index contributed by atoms with van der Waals surface area (Å²) in [6.45, 7) is 1.59. The van der Waals surface area contributed by atoms with Crippen LogP contribution in [0.1, 0.15) is 22.8 Å². The molecule has 0 radical (unpaired) electrons. The van der Waals surface area contributed by atoms with Gasteiger partial charge in [-0.15, -0.1) is 0 Å². The number of phenols is 2. The van der Waals surface area contributed by atoms with Crippen LogP contribution in [0.3, 0.4) is 0 Å². The molecule has 5 nitrogen and oxygen atoms in total. The lowest BCUT2D eigenvalue weighted by molar-refractivity contribution is 0.0954. The van der Waals surface area contributed by atoms with Gasteiger partial charge in [-0.1, -0.05) is 0 Å². The van der Waals surface area contributed by atoms with Gasteiger partial charge >= 0.3 is 0 Å². The van der Waals surface area contributed by atoms with Crippen LogP contribution < -0.4 is 5.43 Å². The van der Waals surface area contributed by atoms with Gasteiger partial charge in [-0.25, -0.2) is 9.82 Å². The molecule has 0 aliphatic carbocycles. The molecule has 0 aliphatic heterocycles. The number of hydrogen-bond donors (Lipinski definition) is 3. The normalized spacial score (nSPS) is 11.2. The summed E-state index contributed by atoms with van der Waals surface area (Å²) >= 11 is 0. The Balaban J connectivity index is 2.12. The molecule has 2 rings (SSSR count). The van der Waals surface area contributed by atoms with Crippen LogP contribution in [-0.4, -0.2) is 21.8 Å². The van der Waals surface area contributed by atoms with Gasteiger partial charge in [0.1, 0.15) is 17.3 Å². The molecule has 2 aromatic carbocycles. The van der Waals surface area contributed by atoms with Gasteiger partial charge in [0.25, 0.3) is 5.91 Å². The van der Waals surface area contributed by atoms with Crippen LogP contribution >= 0.6 is 0 Å². The Bertz CT molecular complexity index is 697. The second-order valence-corrected chi connectivity index (χ2v) is 4.35. The van der Waals surface area contributed by atoms with Crippen molar-refractivity contribution < 1.29 is 19.4 Å². The molecular weight excluding hydrogens is 275 g/mol. The van der Waals surface area contributed by atoms with E-state index < -0.39 is 11.7 Å². The van der Waals surface area contributed by atoms with Gasteiger partial charge in [0.05, 0.1) is 5.71 Å². The molecule has 2 aromatic rings. The van der Waals surface area contributed by atoms with Gasteiger partial charge < -0.3 is 10.2 Å². The van der Waals surface area contributed by atoms with Crippen LogP contribution in [0.5, 0.6) is 11.5 Å². The summed E-state index contributed by atoms with van der Waals surface area (Å²) in [5, 5.41) is 22.8. The second kappa shape index (κ2) is 6.04. The number of phenolic OH excluding ortho intramolecular Hbond substituents is 2. The maximum Gasteiger partial charge on any atom is 0.271 e. The fourth-order valence-corrected chi connectivity index (χ4v) is 1.69. The minimum absolute atomic E-state index is 0.0700. The molecule has 0 aliphatic rings. The second-order valence-electron chi connectivity index (χ2n) is 4.35. The molecule has 3 N–H and O–H groups in total. The molecule has 0 fully saturated rings. The minimum atomic E-state index is -0.493. The van der Waals surface area contributed by atoms with Crippen molar-refractivity contribution in [2.75, 3.05) is 0 Å². The van der Waals surface area contributed by atoms with E-state index in [4.69, 9.17) is 0 Å². The number of carbonyl (C=O) groups is 1. The Morgan fingerprint density at radius 2 is 1.81 bits per heavy atom. The van der Waals surface area contributed by atoms with Crippen molar-refractivity contribution in [3.8, 4) is 11.5 Å². The molecule has 0 spiro atoms. The van der Waals surface area contributed by atoms with Crippen molar-refractivity contribution in [3.05, 3.63) is 59.4 Å². The number of nitrogens with zero attached hydrogens (tertiary/aromatic N) is 1. The first-order valence-corrected chi connectivity index (χ1v) is 6.10. The largest absolute Gasteiger partial charge is 0.508 e. The number of amides is 1. The standard InChI is InChI=1S/C15H13FN2O3/c1-9(13-7-6-12(19)8-14(13)20)17-18-15(21)10-2-4-11(16)5-3-10/h2-8,19-20H,1H3,(H,18,21)/b17-9-. The predicted octanol–water partition coefficient (Wildman–Crippen LogP) is 2.39. The molecule has 0 saturated carbocycles. The number of carbonyl (C=O) groups excluding carboxylic acids is 1. The first kappa shape index (κ1) is 14.5. The van der Waals surface area contributed by atoms with Crippen LogP contribution in [0.2, 0.25) is 0 Å². The van der Waals surface area contributed by atoms with Gasteiger partial charge in [-0.3, -0.25) is 4.79 Å². The molecular formula is C15H13FN2O3. The number of benzene rings is 2. The third kappa shape index (κ3) is 3.56. The van der Waals surface area contributed by atoms with Gasteiger partial charge in [0, 0.05) is 17.2 Å². The monoisotopic (exact) mass is 288 g/mol. The zero-order valence-corrected chi connectivity index (χ0v) is 11.2. The molecule has 108 valence electrons. The third-order valence-electron chi connectivity index (χ3n) is 2.80. The van der Waals surface area contributed by atoms with Gasteiger partial charge in [-0.05, 0) is 43.3 Å². The molecule has 0 aromatic heterocycles. The Labute approximate surface area is 120 Å². The van der Waals surface area contributed by atoms with E-state index >= 15 is 0 Å². The molecule has 21 heavy (non-hydrogen) atoms. The Morgan fingerprint density at radius 1 is 1.14 bits per heavy atom. The molecule has 0 saturated heterocycles. The quantitative estimate of drug-likeness (QED) is 0.599. The average molecular weight is 288 g/mol. The molecule has 0 unspecified atom stereocenters. The number of nitrogens with one attached hydrogen (secondary N) is 1. The Hall–Kier alpha value is -2.89. The number of hydrogen-bond acceptors (Lipinski definition) is 4. The van der Waals surface area contributed by atoms with Crippen LogP contribution in [0.15, 0.2) is 47.6 Å². The highest BCUT2D eigenvalue weighted by Crippen LogP contribution is 2.22. The van der Waals surface area contributed by atoms with Crippen molar-refractivity contribution in [3.63, 3.8) is 0 Å². The summed E-state index contributed by atoms with van der Waals surface area (Å²) in [5.41, 5.74) is 3.32. The zero-order valence-electron chi connectivity index (χ0n) is 11.2. The van der Waals surface area contributed by atoms with E-state index in [2.05, 4.69) is 10.5 Å². The summed E-state index contributed by atoms with van der Waals surface area (Å²) in [6, 6.07) is 9.09. The molecule has 0 atom stereocenters. The van der Waals surface area contributed by atoms with E-state index in [0.717, 1.165) is 0 Å². The molecule has 0 bridgehead atoms. The van der Waals surface area contributed by atoms with Gasteiger partial charge in [-0.2, -0.15) is 5.10 Å². The summed E-state index contributed by atoms with van der Waals surface area (Å²) in [7, 11) is 0. The third-order valence-corrected chi connectivity index (χ3v) is 2.80. The fraction of sp³-hybridized carbons (Fsp3) is 0.0667. The molecule has 1 amide bonds. The first-order valence-electron chi connectivity index (χ1n) is 6.10. The Morgan fingerprint density at radius 3 is 2.43 bits per heavy atom. The van der Waals surface area contributed by atoms with Crippen LogP contribution in [0.25, 0.3) is 0 Å². The van der Waals surface area contributed by atoms with E-state index in [1.165, 1.54) is 42.5 Å². The van der Waals surface area contributed by atoms with Crippen molar-refractivity contribution in [2.45, 2.75) is 6.92 Å². The summed E-state index contributed by atoms with van der Waals surface area (Å²) in [5.74, 6) is -1.14. The smallest absolute Gasteiger partial charge is 0.271 e. The van der Waals surface area contributed by atoms with E-state index in [9.17, 15) is 19.4 Å². The highest BCUT2D eigenvalue weighted by Gasteiger charge is 2.08. The lowest BCUT2D eigenvalue weighted by Crippen LogP contribution is -2.19. The van der Waals surface area contributed by atoms with Crippen molar-refractivity contribution in [1.82, 2.24) is 5.43 Å². The molecule has 0 heterocycles. The van der Waals surface area contributed by atoms with Crippen molar-refractivity contribution in [2.24, 2.45) is 5.10 Å². The van der Waals surface area contributed by atoms with Gasteiger partial charge in [0.15, 0.2) is 0 Å². The maximum atomic E-state index is 12.8. The number of rotatable bonds is 3. The summed E-state index contributed by atoms with van der Waals surface area (Å²) in [4.78, 5) is 11.8. The van der Waals surface area contributed by atoms with Crippen molar-refractivity contribution in [1.29, 1.82) is 0 Å². The summed E-state index contributed by atoms with van der Waals surface area (Å²) < 4.78 is 12.8. The van der Waals surface area contributed by atoms with Crippen molar-refractivity contribution >= 4 is 11.6 Å². The highest BCUT2D eigenvalue weighted by molar-refractivity contribution is 6.02. The fourth-order valence-electron chi connectivity index (χ4n) is 1.69. The van der Waals surface area contributed by atoms with E-state index in [0.29, 0.717) is 11.3 Å². The minimum Gasteiger partial charge on any atom is -0.508 e. The number of halogens is 1. The lowest BCUT2D eigenvalue weighted by atomic mass is 10.1. The van der Waals surface area contributed by atoms with Gasteiger partial charge in [0.2, 0.25) is 0 Å². The van der Waals surface area contributed by atoms with E-state index in [1.807, 2.05) is 0 Å².